The second kappa shape index (κ2) is 5.97. The van der Waals surface area contributed by atoms with Crippen LogP contribution in [0.4, 0.5) is 4.79 Å². The molecule has 2 rings (SSSR count). The molecular formula is C11H15NO4. The van der Waals surface area contributed by atoms with Crippen LogP contribution in [0.2, 0.25) is 0 Å². The van der Waals surface area contributed by atoms with Crippen LogP contribution in [0.25, 0.3) is 0 Å². The number of hydrogen-bond donors (Lipinski definition) is 3. The van der Waals surface area contributed by atoms with Crippen molar-refractivity contribution >= 4 is 6.16 Å². The molecule has 0 saturated carbocycles. The van der Waals surface area contributed by atoms with E-state index >= 15 is 0 Å². The Hall–Kier alpha value is -1.75. The van der Waals surface area contributed by atoms with Gasteiger partial charge in [-0.3, -0.25) is 0 Å². The highest BCUT2D eigenvalue weighted by molar-refractivity contribution is 5.53. The van der Waals surface area contributed by atoms with E-state index in [2.05, 4.69) is 6.07 Å². The average Bonchev–Trinajstić information content (AvgIpc) is 2.27. The molecule has 1 aromatic rings. The lowest BCUT2D eigenvalue weighted by molar-refractivity contribution is 0.137. The molecule has 1 unspecified atom stereocenters. The van der Waals surface area contributed by atoms with E-state index in [1.807, 2.05) is 18.2 Å². The summed E-state index contributed by atoms with van der Waals surface area (Å²) in [4.78, 5) is 8.56. The highest BCUT2D eigenvalue weighted by atomic mass is 16.6. The van der Waals surface area contributed by atoms with Crippen LogP contribution in [0.1, 0.15) is 12.0 Å². The fraction of sp³-hybridized carbons (Fsp3) is 0.364. The zero-order chi connectivity index (χ0) is 12.0. The first-order chi connectivity index (χ1) is 7.63. The minimum atomic E-state index is -1.83. The van der Waals surface area contributed by atoms with E-state index in [4.69, 9.17) is 25.5 Å². The third kappa shape index (κ3) is 3.78. The predicted molar refractivity (Wildman–Crippen MR) is 58.9 cm³/mol. The molecule has 16 heavy (non-hydrogen) atoms. The number of ether oxygens (including phenoxy) is 1. The summed E-state index contributed by atoms with van der Waals surface area (Å²) in [6.07, 6.45) is 0.533. The summed E-state index contributed by atoms with van der Waals surface area (Å²) in [5.74, 6) is 1.01. The van der Waals surface area contributed by atoms with Crippen LogP contribution < -0.4 is 10.5 Å². The molecule has 0 radical (unpaired) electrons. The Morgan fingerprint density at radius 3 is 2.69 bits per heavy atom. The van der Waals surface area contributed by atoms with Gasteiger partial charge in [0.05, 0.1) is 0 Å². The second-order valence-electron chi connectivity index (χ2n) is 3.40. The van der Waals surface area contributed by atoms with E-state index in [0.717, 1.165) is 18.6 Å². The maximum atomic E-state index is 8.56. The van der Waals surface area contributed by atoms with Crippen molar-refractivity contribution in [3.63, 3.8) is 0 Å². The van der Waals surface area contributed by atoms with Crippen LogP contribution in [0.3, 0.4) is 0 Å². The topological polar surface area (TPSA) is 92.8 Å². The fourth-order valence-corrected chi connectivity index (χ4v) is 1.55. The third-order valence-corrected chi connectivity index (χ3v) is 2.26. The van der Waals surface area contributed by atoms with Crippen molar-refractivity contribution in [3.8, 4) is 5.75 Å². The summed E-state index contributed by atoms with van der Waals surface area (Å²) < 4.78 is 5.66. The minimum Gasteiger partial charge on any atom is -0.489 e. The predicted octanol–water partition coefficient (Wildman–Crippen LogP) is 1.56. The molecule has 1 aromatic carbocycles. The summed E-state index contributed by atoms with van der Waals surface area (Å²) in [6, 6.07) is 8.17. The Labute approximate surface area is 93.5 Å². The summed E-state index contributed by atoms with van der Waals surface area (Å²) in [5, 5.41) is 13.9. The van der Waals surface area contributed by atoms with Crippen molar-refractivity contribution in [3.05, 3.63) is 29.8 Å². The number of carbonyl (C=O) groups is 1. The van der Waals surface area contributed by atoms with Crippen molar-refractivity contribution in [1.29, 1.82) is 0 Å². The van der Waals surface area contributed by atoms with Gasteiger partial charge in [-0.05, 0) is 24.5 Å². The quantitative estimate of drug-likeness (QED) is 0.674. The summed E-state index contributed by atoms with van der Waals surface area (Å²) in [6.45, 7) is 0.619. The Kier molecular flexibility index (Phi) is 4.60. The lowest BCUT2D eigenvalue weighted by Crippen LogP contribution is -2.30. The van der Waals surface area contributed by atoms with Crippen molar-refractivity contribution < 1.29 is 19.7 Å². The normalized spacial score (nSPS) is 17.4. The van der Waals surface area contributed by atoms with E-state index in [1.54, 1.807) is 0 Å². The van der Waals surface area contributed by atoms with Gasteiger partial charge < -0.3 is 20.7 Å². The van der Waals surface area contributed by atoms with Gasteiger partial charge in [-0.25, -0.2) is 4.79 Å². The van der Waals surface area contributed by atoms with Crippen molar-refractivity contribution in [2.45, 2.75) is 18.9 Å². The van der Waals surface area contributed by atoms with E-state index in [1.165, 1.54) is 5.56 Å². The number of nitrogens with two attached hydrogens (primary N) is 1. The molecule has 1 aliphatic heterocycles. The molecule has 4 N–H and O–H groups in total. The van der Waals surface area contributed by atoms with Crippen LogP contribution in [-0.2, 0) is 6.42 Å². The smallest absolute Gasteiger partial charge is 0.489 e. The minimum absolute atomic E-state index is 0.222. The molecule has 0 aromatic heterocycles. The van der Waals surface area contributed by atoms with E-state index < -0.39 is 6.16 Å². The molecule has 0 amide bonds. The maximum Gasteiger partial charge on any atom is 0.503 e. The summed E-state index contributed by atoms with van der Waals surface area (Å²) in [5.41, 5.74) is 6.84. The average molecular weight is 225 g/mol. The first-order valence-electron chi connectivity index (χ1n) is 5.00. The molecule has 0 saturated heterocycles. The van der Waals surface area contributed by atoms with Gasteiger partial charge in [-0.2, -0.15) is 0 Å². The van der Waals surface area contributed by atoms with E-state index in [-0.39, 0.29) is 6.10 Å². The highest BCUT2D eigenvalue weighted by Crippen LogP contribution is 2.26. The van der Waals surface area contributed by atoms with E-state index in [9.17, 15) is 0 Å². The number of rotatable bonds is 1. The molecule has 0 spiro atoms. The van der Waals surface area contributed by atoms with Gasteiger partial charge >= 0.3 is 6.16 Å². The fourth-order valence-electron chi connectivity index (χ4n) is 1.55. The van der Waals surface area contributed by atoms with Gasteiger partial charge in [0.2, 0.25) is 0 Å². The monoisotopic (exact) mass is 225 g/mol. The van der Waals surface area contributed by atoms with E-state index in [0.29, 0.717) is 6.54 Å². The largest absolute Gasteiger partial charge is 0.503 e. The molecule has 5 nitrogen and oxygen atoms in total. The van der Waals surface area contributed by atoms with Gasteiger partial charge in [0, 0.05) is 6.54 Å². The SMILES string of the molecule is NCC1CCc2ccccc2O1.O=C(O)O. The molecule has 0 bridgehead atoms. The van der Waals surface area contributed by atoms with Crippen molar-refractivity contribution in [2.24, 2.45) is 5.73 Å². The Balaban J connectivity index is 0.000000280. The summed E-state index contributed by atoms with van der Waals surface area (Å²) >= 11 is 0. The molecule has 1 atom stereocenters. The Morgan fingerprint density at radius 1 is 1.44 bits per heavy atom. The van der Waals surface area contributed by atoms with Gasteiger partial charge in [-0.1, -0.05) is 18.2 Å². The van der Waals surface area contributed by atoms with Crippen LogP contribution in [0.15, 0.2) is 24.3 Å². The van der Waals surface area contributed by atoms with Crippen LogP contribution in [0, 0.1) is 0 Å². The van der Waals surface area contributed by atoms with Gasteiger partial charge in [0.1, 0.15) is 11.9 Å². The van der Waals surface area contributed by atoms with Gasteiger partial charge in [-0.15, -0.1) is 0 Å². The standard InChI is InChI=1S/C10H13NO.CH2O3/c11-7-9-6-5-8-3-1-2-4-10(8)12-9;2-1(3)4/h1-4,9H,5-7,11H2;(H2,2,3,4). The molecule has 88 valence electrons. The number of fused-ring (bicyclic) bond motifs is 1. The van der Waals surface area contributed by atoms with Crippen LogP contribution in [-0.4, -0.2) is 29.0 Å². The number of hydrogen-bond acceptors (Lipinski definition) is 3. The Bertz CT molecular complexity index is 350. The van der Waals surface area contributed by atoms with Gasteiger partial charge in [0.15, 0.2) is 0 Å². The van der Waals surface area contributed by atoms with Crippen LogP contribution in [0.5, 0.6) is 5.75 Å². The number of carboxylic acid groups (broad SMARTS) is 2. The van der Waals surface area contributed by atoms with Crippen molar-refractivity contribution in [1.82, 2.24) is 0 Å². The zero-order valence-electron chi connectivity index (χ0n) is 8.80. The molecule has 0 aliphatic carbocycles. The lowest BCUT2D eigenvalue weighted by atomic mass is 10.0. The molecule has 0 fully saturated rings. The second-order valence-corrected chi connectivity index (χ2v) is 3.40. The molecule has 1 heterocycles. The summed E-state index contributed by atoms with van der Waals surface area (Å²) in [7, 11) is 0. The third-order valence-electron chi connectivity index (χ3n) is 2.26. The first kappa shape index (κ1) is 12.3. The molecule has 1 aliphatic rings. The van der Waals surface area contributed by atoms with Gasteiger partial charge in [0.25, 0.3) is 0 Å². The molecule has 5 heteroatoms. The van der Waals surface area contributed by atoms with Crippen molar-refractivity contribution in [2.75, 3.05) is 6.54 Å². The highest BCUT2D eigenvalue weighted by Gasteiger charge is 2.16. The van der Waals surface area contributed by atoms with Crippen LogP contribution >= 0.6 is 0 Å². The number of aryl methyl sites for hydroxylation is 1. The lowest BCUT2D eigenvalue weighted by Gasteiger charge is -2.24. The number of benzene rings is 1. The Morgan fingerprint density at radius 2 is 2.06 bits per heavy atom. The zero-order valence-corrected chi connectivity index (χ0v) is 8.80. The first-order valence-corrected chi connectivity index (χ1v) is 5.00. The number of para-hydroxylation sites is 1. The molecular weight excluding hydrogens is 210 g/mol. The maximum absolute atomic E-state index is 8.56.